The van der Waals surface area contributed by atoms with Crippen LogP contribution in [0.5, 0.6) is 5.75 Å². The molecular formula is C18H28N2O3. The average Bonchev–Trinajstić information content (AvgIpc) is 2.58. The van der Waals surface area contributed by atoms with Crippen molar-refractivity contribution in [2.75, 3.05) is 7.11 Å². The van der Waals surface area contributed by atoms with Crippen molar-refractivity contribution in [1.82, 2.24) is 5.43 Å². The van der Waals surface area contributed by atoms with Crippen LogP contribution in [0.15, 0.2) is 29.4 Å². The zero-order valence-electron chi connectivity index (χ0n) is 14.3. The fourth-order valence-electron chi connectivity index (χ4n) is 2.25. The van der Waals surface area contributed by atoms with Crippen LogP contribution in [-0.4, -0.2) is 29.9 Å². The molecule has 128 valence electrons. The number of methoxy groups -OCH3 is 1. The number of carbonyl (C=O) groups is 1. The van der Waals surface area contributed by atoms with Gasteiger partial charge in [0.05, 0.1) is 13.3 Å². The Hall–Kier alpha value is -1.88. The Morgan fingerprint density at radius 1 is 1.22 bits per heavy atom. The van der Waals surface area contributed by atoms with Gasteiger partial charge in [0, 0.05) is 0 Å². The molecule has 0 radical (unpaired) electrons. The summed E-state index contributed by atoms with van der Waals surface area (Å²) in [7, 11) is 1.61. The van der Waals surface area contributed by atoms with Crippen molar-refractivity contribution in [1.29, 1.82) is 0 Å². The van der Waals surface area contributed by atoms with Crippen LogP contribution in [-0.2, 0) is 4.79 Å². The molecular weight excluding hydrogens is 292 g/mol. The lowest BCUT2D eigenvalue weighted by Crippen LogP contribution is -2.45. The zero-order chi connectivity index (χ0) is 17.1. The highest BCUT2D eigenvalue weighted by atomic mass is 16.5. The molecule has 2 N–H and O–H groups in total. The first-order valence-electron chi connectivity index (χ1n) is 8.25. The number of aliphatic hydroxyl groups is 1. The molecule has 5 heteroatoms. The summed E-state index contributed by atoms with van der Waals surface area (Å²) in [6.07, 6.45) is 6.00. The van der Waals surface area contributed by atoms with Crippen LogP contribution in [0.4, 0.5) is 0 Å². The molecule has 0 saturated carbocycles. The van der Waals surface area contributed by atoms with Crippen LogP contribution in [0.2, 0.25) is 0 Å². The van der Waals surface area contributed by atoms with Gasteiger partial charge in [0.1, 0.15) is 11.4 Å². The predicted octanol–water partition coefficient (Wildman–Crippen LogP) is 3.26. The number of hydrogen-bond donors (Lipinski definition) is 2. The first-order chi connectivity index (χ1) is 11.1. The lowest BCUT2D eigenvalue weighted by atomic mass is 9.90. The Balaban J connectivity index is 2.63. The van der Waals surface area contributed by atoms with Crippen molar-refractivity contribution in [3.8, 4) is 5.75 Å². The predicted molar refractivity (Wildman–Crippen MR) is 92.7 cm³/mol. The number of hydrazone groups is 1. The van der Waals surface area contributed by atoms with Gasteiger partial charge in [-0.25, -0.2) is 5.43 Å². The van der Waals surface area contributed by atoms with Crippen molar-refractivity contribution in [3.63, 3.8) is 0 Å². The fourth-order valence-corrected chi connectivity index (χ4v) is 2.25. The fraction of sp³-hybridized carbons (Fsp3) is 0.556. The molecule has 0 aliphatic rings. The lowest BCUT2D eigenvalue weighted by molar-refractivity contribution is -0.141. The summed E-state index contributed by atoms with van der Waals surface area (Å²) in [5.41, 5.74) is 1.98. The molecule has 0 heterocycles. The number of benzene rings is 1. The SMILES string of the molecule is CCCCC(O)(CCCC)C(=O)N/N=C/c1ccc(OC)cc1. The van der Waals surface area contributed by atoms with Gasteiger partial charge in [-0.05, 0) is 42.7 Å². The molecule has 0 spiro atoms. The number of nitrogens with zero attached hydrogens (tertiary/aromatic N) is 1. The first kappa shape index (κ1) is 19.2. The van der Waals surface area contributed by atoms with Gasteiger partial charge in [0.25, 0.3) is 5.91 Å². The highest BCUT2D eigenvalue weighted by Gasteiger charge is 2.34. The molecule has 0 aliphatic carbocycles. The van der Waals surface area contributed by atoms with E-state index in [1.807, 2.05) is 38.1 Å². The average molecular weight is 320 g/mol. The van der Waals surface area contributed by atoms with E-state index >= 15 is 0 Å². The molecule has 23 heavy (non-hydrogen) atoms. The maximum atomic E-state index is 12.3. The number of ether oxygens (including phenoxy) is 1. The Kier molecular flexibility index (Phi) is 8.33. The van der Waals surface area contributed by atoms with E-state index in [-0.39, 0.29) is 0 Å². The minimum Gasteiger partial charge on any atom is -0.497 e. The largest absolute Gasteiger partial charge is 0.497 e. The molecule has 0 unspecified atom stereocenters. The van der Waals surface area contributed by atoms with Gasteiger partial charge in [-0.3, -0.25) is 4.79 Å². The van der Waals surface area contributed by atoms with Crippen molar-refractivity contribution >= 4 is 12.1 Å². The third-order valence-corrected chi connectivity index (χ3v) is 3.81. The molecule has 0 saturated heterocycles. The normalized spacial score (nSPS) is 11.7. The summed E-state index contributed by atoms with van der Waals surface area (Å²) in [6, 6.07) is 7.33. The van der Waals surface area contributed by atoms with Crippen molar-refractivity contribution in [2.24, 2.45) is 5.10 Å². The lowest BCUT2D eigenvalue weighted by Gasteiger charge is -2.25. The van der Waals surface area contributed by atoms with Crippen LogP contribution in [0.1, 0.15) is 57.9 Å². The van der Waals surface area contributed by atoms with E-state index in [4.69, 9.17) is 4.74 Å². The third-order valence-electron chi connectivity index (χ3n) is 3.81. The van der Waals surface area contributed by atoms with Crippen LogP contribution < -0.4 is 10.2 Å². The molecule has 5 nitrogen and oxygen atoms in total. The number of carbonyl (C=O) groups excluding carboxylic acids is 1. The highest BCUT2D eigenvalue weighted by molar-refractivity contribution is 5.87. The van der Waals surface area contributed by atoms with Gasteiger partial charge in [0.2, 0.25) is 0 Å². The molecule has 1 aromatic rings. The number of unbranched alkanes of at least 4 members (excludes halogenated alkanes) is 2. The number of rotatable bonds is 10. The second kappa shape index (κ2) is 10.0. The molecule has 0 bridgehead atoms. The minimum atomic E-state index is -1.33. The van der Waals surface area contributed by atoms with Gasteiger partial charge in [0.15, 0.2) is 0 Å². The molecule has 0 fully saturated rings. The van der Waals surface area contributed by atoms with E-state index in [1.165, 1.54) is 0 Å². The highest BCUT2D eigenvalue weighted by Crippen LogP contribution is 2.22. The van der Waals surface area contributed by atoms with Crippen LogP contribution in [0.3, 0.4) is 0 Å². The third kappa shape index (κ3) is 6.40. The van der Waals surface area contributed by atoms with E-state index in [0.29, 0.717) is 12.8 Å². The van der Waals surface area contributed by atoms with E-state index in [2.05, 4.69) is 10.5 Å². The minimum absolute atomic E-state index is 0.427. The van der Waals surface area contributed by atoms with E-state index in [9.17, 15) is 9.90 Å². The molecule has 1 amide bonds. The van der Waals surface area contributed by atoms with E-state index in [1.54, 1.807) is 13.3 Å². The van der Waals surface area contributed by atoms with Gasteiger partial charge >= 0.3 is 0 Å². The van der Waals surface area contributed by atoms with Gasteiger partial charge in [-0.15, -0.1) is 0 Å². The van der Waals surface area contributed by atoms with Crippen molar-refractivity contribution in [2.45, 2.75) is 58.0 Å². The molecule has 0 aliphatic heterocycles. The van der Waals surface area contributed by atoms with Crippen LogP contribution >= 0.6 is 0 Å². The summed E-state index contributed by atoms with van der Waals surface area (Å²) in [6.45, 7) is 4.08. The summed E-state index contributed by atoms with van der Waals surface area (Å²) >= 11 is 0. The summed E-state index contributed by atoms with van der Waals surface area (Å²) in [5, 5.41) is 14.6. The maximum absolute atomic E-state index is 12.3. The summed E-state index contributed by atoms with van der Waals surface area (Å²) in [4.78, 5) is 12.3. The van der Waals surface area contributed by atoms with Crippen LogP contribution in [0.25, 0.3) is 0 Å². The molecule has 0 atom stereocenters. The Bertz CT molecular complexity index is 489. The Labute approximate surface area is 138 Å². The van der Waals surface area contributed by atoms with Gasteiger partial charge < -0.3 is 9.84 Å². The maximum Gasteiger partial charge on any atom is 0.271 e. The smallest absolute Gasteiger partial charge is 0.271 e. The number of nitrogens with one attached hydrogen (secondary N) is 1. The summed E-state index contributed by atoms with van der Waals surface area (Å²) in [5.74, 6) is 0.337. The number of amides is 1. The summed E-state index contributed by atoms with van der Waals surface area (Å²) < 4.78 is 5.08. The Morgan fingerprint density at radius 2 is 1.78 bits per heavy atom. The first-order valence-corrected chi connectivity index (χ1v) is 8.25. The van der Waals surface area contributed by atoms with E-state index < -0.39 is 11.5 Å². The quantitative estimate of drug-likeness (QED) is 0.513. The topological polar surface area (TPSA) is 70.9 Å². The number of hydrogen-bond acceptors (Lipinski definition) is 4. The van der Waals surface area contributed by atoms with Crippen molar-refractivity contribution < 1.29 is 14.6 Å². The Morgan fingerprint density at radius 3 is 2.26 bits per heavy atom. The van der Waals surface area contributed by atoms with E-state index in [0.717, 1.165) is 37.0 Å². The van der Waals surface area contributed by atoms with Gasteiger partial charge in [-0.1, -0.05) is 39.5 Å². The zero-order valence-corrected chi connectivity index (χ0v) is 14.3. The second-order valence-corrected chi connectivity index (χ2v) is 5.71. The molecule has 1 aromatic carbocycles. The standard InChI is InChI=1S/C18H28N2O3/c1-4-6-12-18(22,13-7-5-2)17(21)20-19-14-15-8-10-16(23-3)11-9-15/h8-11,14,22H,4-7,12-13H2,1-3H3,(H,20,21)/b19-14+. The van der Waals surface area contributed by atoms with Gasteiger partial charge in [-0.2, -0.15) is 5.10 Å². The van der Waals surface area contributed by atoms with Crippen molar-refractivity contribution in [3.05, 3.63) is 29.8 Å². The monoisotopic (exact) mass is 320 g/mol. The van der Waals surface area contributed by atoms with Crippen LogP contribution in [0, 0.1) is 0 Å². The molecule has 0 aromatic heterocycles. The molecule has 1 rings (SSSR count). The second-order valence-electron chi connectivity index (χ2n) is 5.71.